The van der Waals surface area contributed by atoms with Crippen molar-refractivity contribution in [2.75, 3.05) is 11.1 Å². The summed E-state index contributed by atoms with van der Waals surface area (Å²) in [5.41, 5.74) is 5.63. The van der Waals surface area contributed by atoms with Crippen LogP contribution in [0.25, 0.3) is 0 Å². The molecule has 1 aromatic carbocycles. The Bertz CT molecular complexity index is 572. The highest BCUT2D eigenvalue weighted by Crippen LogP contribution is 2.20. The Morgan fingerprint density at radius 3 is 2.82 bits per heavy atom. The molecule has 1 amide bonds. The van der Waals surface area contributed by atoms with Crippen LogP contribution in [0.4, 0.5) is 15.9 Å². The van der Waals surface area contributed by atoms with E-state index in [1.807, 2.05) is 0 Å². The molecular weight excluding hydrogens is 295 g/mol. The first-order chi connectivity index (χ1) is 8.08. The molecule has 0 saturated carbocycles. The van der Waals surface area contributed by atoms with Crippen molar-refractivity contribution in [2.45, 2.75) is 0 Å². The number of benzene rings is 1. The van der Waals surface area contributed by atoms with E-state index in [9.17, 15) is 9.18 Å². The van der Waals surface area contributed by atoms with Crippen molar-refractivity contribution in [3.05, 3.63) is 34.2 Å². The first-order valence-corrected chi connectivity index (χ1v) is 5.21. The minimum atomic E-state index is -0.581. The molecule has 0 atom stereocenters. The lowest BCUT2D eigenvalue weighted by atomic mass is 10.3. The zero-order valence-corrected chi connectivity index (χ0v) is 9.86. The van der Waals surface area contributed by atoms with Gasteiger partial charge in [0.15, 0.2) is 0 Å². The maximum absolute atomic E-state index is 13.0. The largest absolute Gasteiger partial charge is 0.379 e. The van der Waals surface area contributed by atoms with Crippen molar-refractivity contribution in [1.82, 2.24) is 10.3 Å². The molecule has 0 aliphatic heterocycles. The molecule has 3 N–H and O–H groups in total. The molecule has 0 fully saturated rings. The van der Waals surface area contributed by atoms with Gasteiger partial charge in [0.1, 0.15) is 5.82 Å². The van der Waals surface area contributed by atoms with Crippen LogP contribution in [0.5, 0.6) is 0 Å². The molecule has 8 heteroatoms. The lowest BCUT2D eigenvalue weighted by molar-refractivity contribution is 0.101. The van der Waals surface area contributed by atoms with Crippen LogP contribution in [0.2, 0.25) is 0 Å². The van der Waals surface area contributed by atoms with Crippen molar-refractivity contribution in [2.24, 2.45) is 0 Å². The van der Waals surface area contributed by atoms with Gasteiger partial charge in [-0.1, -0.05) is 0 Å². The number of nitrogens with zero attached hydrogens (tertiary/aromatic N) is 2. The SMILES string of the molecule is Nc1nonc1C(=O)Nc1ccc(F)c(Br)c1. The first kappa shape index (κ1) is 11.5. The van der Waals surface area contributed by atoms with Gasteiger partial charge in [-0.3, -0.25) is 4.79 Å². The van der Waals surface area contributed by atoms with Crippen LogP contribution in [-0.2, 0) is 0 Å². The van der Waals surface area contributed by atoms with Crippen LogP contribution in [0, 0.1) is 5.82 Å². The molecule has 0 aliphatic rings. The number of nitrogens with one attached hydrogen (secondary N) is 1. The van der Waals surface area contributed by atoms with Gasteiger partial charge in [-0.25, -0.2) is 9.02 Å². The minimum Gasteiger partial charge on any atom is -0.379 e. The number of nitrogens with two attached hydrogens (primary N) is 1. The number of hydrogen-bond donors (Lipinski definition) is 2. The Hall–Kier alpha value is -1.96. The highest BCUT2D eigenvalue weighted by Gasteiger charge is 2.16. The Morgan fingerprint density at radius 2 is 2.24 bits per heavy atom. The van der Waals surface area contributed by atoms with Crippen LogP contribution < -0.4 is 11.1 Å². The molecule has 0 saturated heterocycles. The molecule has 0 unspecified atom stereocenters. The molecular formula is C9H6BrFN4O2. The lowest BCUT2D eigenvalue weighted by Crippen LogP contribution is -2.14. The number of halogens is 2. The maximum atomic E-state index is 13.0. The van der Waals surface area contributed by atoms with Gasteiger partial charge in [-0.05, 0) is 44.4 Å². The van der Waals surface area contributed by atoms with Crippen LogP contribution in [0.3, 0.4) is 0 Å². The second-order valence-electron chi connectivity index (χ2n) is 3.08. The summed E-state index contributed by atoms with van der Waals surface area (Å²) in [4.78, 5) is 11.6. The minimum absolute atomic E-state index is 0.108. The molecule has 0 spiro atoms. The number of anilines is 2. The van der Waals surface area contributed by atoms with Crippen molar-refractivity contribution in [3.8, 4) is 0 Å². The van der Waals surface area contributed by atoms with Crippen molar-refractivity contribution < 1.29 is 13.8 Å². The summed E-state index contributed by atoms with van der Waals surface area (Å²) < 4.78 is 17.5. The number of amides is 1. The molecule has 1 heterocycles. The molecule has 88 valence electrons. The molecule has 1 aromatic heterocycles. The van der Waals surface area contributed by atoms with Gasteiger partial charge in [0.2, 0.25) is 11.5 Å². The number of aromatic nitrogens is 2. The van der Waals surface area contributed by atoms with E-state index in [0.29, 0.717) is 5.69 Å². The Morgan fingerprint density at radius 1 is 1.47 bits per heavy atom. The Balaban J connectivity index is 2.19. The molecule has 17 heavy (non-hydrogen) atoms. The average Bonchev–Trinajstić information content (AvgIpc) is 2.70. The van der Waals surface area contributed by atoms with E-state index in [2.05, 4.69) is 36.2 Å². The number of carbonyl (C=O) groups excluding carboxylic acids is 1. The number of nitrogen functional groups attached to an aromatic ring is 1. The number of rotatable bonds is 2. The Kier molecular flexibility index (Phi) is 3.05. The zero-order chi connectivity index (χ0) is 12.4. The van der Waals surface area contributed by atoms with Crippen molar-refractivity contribution in [1.29, 1.82) is 0 Å². The second kappa shape index (κ2) is 4.50. The molecule has 0 bridgehead atoms. The highest BCUT2D eigenvalue weighted by atomic mass is 79.9. The smallest absolute Gasteiger partial charge is 0.281 e. The van der Waals surface area contributed by atoms with Gasteiger partial charge in [0, 0.05) is 5.69 Å². The summed E-state index contributed by atoms with van der Waals surface area (Å²) in [6.07, 6.45) is 0. The van der Waals surface area contributed by atoms with Crippen molar-refractivity contribution in [3.63, 3.8) is 0 Å². The standard InChI is InChI=1S/C9H6BrFN4O2/c10-5-3-4(1-2-6(5)11)13-9(16)7-8(12)15-17-14-7/h1-3H,(H2,12,15)(H,13,16). The summed E-state index contributed by atoms with van der Waals surface area (Å²) in [6.45, 7) is 0. The quantitative estimate of drug-likeness (QED) is 0.882. The second-order valence-corrected chi connectivity index (χ2v) is 3.94. The maximum Gasteiger partial charge on any atom is 0.281 e. The van der Waals surface area contributed by atoms with Crippen molar-refractivity contribution >= 4 is 33.3 Å². The summed E-state index contributed by atoms with van der Waals surface area (Å²) >= 11 is 3.00. The molecule has 2 aromatic rings. The number of carbonyl (C=O) groups is 1. The molecule has 6 nitrogen and oxygen atoms in total. The average molecular weight is 301 g/mol. The van der Waals surface area contributed by atoms with E-state index in [1.54, 1.807) is 0 Å². The monoisotopic (exact) mass is 300 g/mol. The lowest BCUT2D eigenvalue weighted by Gasteiger charge is -2.03. The van der Waals surface area contributed by atoms with Crippen LogP contribution in [-0.4, -0.2) is 16.2 Å². The summed E-state index contributed by atoms with van der Waals surface area (Å²) in [5.74, 6) is -1.11. The topological polar surface area (TPSA) is 94.0 Å². The fraction of sp³-hybridized carbons (Fsp3) is 0. The first-order valence-electron chi connectivity index (χ1n) is 4.42. The fourth-order valence-electron chi connectivity index (χ4n) is 1.12. The summed E-state index contributed by atoms with van der Waals surface area (Å²) in [6, 6.07) is 4.03. The summed E-state index contributed by atoms with van der Waals surface area (Å²) in [7, 11) is 0. The van der Waals surface area contributed by atoms with Gasteiger partial charge in [-0.2, -0.15) is 0 Å². The Labute approximate surface area is 103 Å². The summed E-state index contributed by atoms with van der Waals surface area (Å²) in [5, 5.41) is 9.09. The van der Waals surface area contributed by atoms with E-state index in [4.69, 9.17) is 5.73 Å². The van der Waals surface area contributed by atoms with E-state index < -0.39 is 11.7 Å². The highest BCUT2D eigenvalue weighted by molar-refractivity contribution is 9.10. The van der Waals surface area contributed by atoms with Gasteiger partial charge < -0.3 is 11.1 Å². The predicted octanol–water partition coefficient (Wildman–Crippen LogP) is 1.81. The fourth-order valence-corrected chi connectivity index (χ4v) is 1.50. The third-order valence-corrected chi connectivity index (χ3v) is 2.51. The van der Waals surface area contributed by atoms with Crippen LogP contribution >= 0.6 is 15.9 Å². The van der Waals surface area contributed by atoms with Gasteiger partial charge in [0.05, 0.1) is 4.47 Å². The van der Waals surface area contributed by atoms with E-state index in [0.717, 1.165) is 0 Å². The van der Waals surface area contributed by atoms with Crippen LogP contribution in [0.15, 0.2) is 27.3 Å². The predicted molar refractivity (Wildman–Crippen MR) is 60.8 cm³/mol. The zero-order valence-electron chi connectivity index (χ0n) is 8.28. The van der Waals surface area contributed by atoms with E-state index in [-0.39, 0.29) is 16.0 Å². The van der Waals surface area contributed by atoms with Gasteiger partial charge in [-0.15, -0.1) is 0 Å². The third kappa shape index (κ3) is 2.41. The van der Waals surface area contributed by atoms with Gasteiger partial charge in [0.25, 0.3) is 5.91 Å². The number of hydrogen-bond acceptors (Lipinski definition) is 5. The third-order valence-electron chi connectivity index (χ3n) is 1.91. The van der Waals surface area contributed by atoms with Crippen LogP contribution in [0.1, 0.15) is 10.5 Å². The van der Waals surface area contributed by atoms with E-state index >= 15 is 0 Å². The molecule has 0 aliphatic carbocycles. The van der Waals surface area contributed by atoms with Gasteiger partial charge >= 0.3 is 0 Å². The van der Waals surface area contributed by atoms with E-state index in [1.165, 1.54) is 18.2 Å². The normalized spacial score (nSPS) is 10.2. The molecule has 2 rings (SSSR count). The molecule has 0 radical (unpaired) electrons.